The van der Waals surface area contributed by atoms with Crippen molar-refractivity contribution < 1.29 is 169 Å². The van der Waals surface area contributed by atoms with Gasteiger partial charge in [-0.15, -0.1) is 0 Å². The molecule has 4 aliphatic heterocycles. The number of hydrogen-bond acceptors (Lipinski definition) is 14. The fourth-order valence-corrected chi connectivity index (χ4v) is 3.66. The van der Waals surface area contributed by atoms with E-state index in [2.05, 4.69) is 0 Å². The van der Waals surface area contributed by atoms with Crippen molar-refractivity contribution in [1.29, 1.82) is 0 Å². The molecule has 0 aromatic rings. The Hall–Kier alpha value is 4.31. The molecular weight excluding hydrogens is 996 g/mol. The van der Waals surface area contributed by atoms with E-state index in [0.717, 1.165) is 26.4 Å². The smallest absolute Gasteiger partial charge is 0.381 e. The molecule has 0 spiro atoms. The molecule has 4 saturated heterocycles. The topological polar surface area (TPSA) is 129 Å². The van der Waals surface area contributed by atoms with Gasteiger partial charge in [0.15, 0.2) is 0 Å². The van der Waals surface area contributed by atoms with Crippen LogP contribution in [0.5, 0.6) is 0 Å². The van der Waals surface area contributed by atoms with E-state index in [4.69, 9.17) is 66.3 Å². The van der Waals surface area contributed by atoms with E-state index >= 15 is 0 Å². The summed E-state index contributed by atoms with van der Waals surface area (Å²) in [4.78, 5) is 0. The van der Waals surface area contributed by atoms with Crippen LogP contribution in [0.1, 0.15) is 25.7 Å². The largest absolute Gasteiger partial charge is 2.00 e. The van der Waals surface area contributed by atoms with Crippen LogP contribution in [-0.4, -0.2) is 233 Å². The van der Waals surface area contributed by atoms with E-state index in [1.807, 2.05) is 0 Å². The molecule has 0 atom stereocenters. The van der Waals surface area contributed by atoms with Gasteiger partial charge in [-0.25, -0.2) is 0 Å². The van der Waals surface area contributed by atoms with Gasteiger partial charge in [-0.1, -0.05) is 0 Å². The van der Waals surface area contributed by atoms with Gasteiger partial charge in [-0.3, -0.25) is 0 Å². The maximum Gasteiger partial charge on any atom is 2.00 e. The molecule has 0 unspecified atom stereocenters. The van der Waals surface area contributed by atoms with Crippen LogP contribution in [0.15, 0.2) is 0 Å². The molecule has 14 nitrogen and oxygen atoms in total. The predicted octanol–water partition coefficient (Wildman–Crippen LogP) is -2.26. The molecule has 0 saturated carbocycles. The number of rotatable bonds is 0. The Balaban J connectivity index is -0.0000000657. The second kappa shape index (κ2) is 79.7. The van der Waals surface area contributed by atoms with Crippen molar-refractivity contribution >= 4 is 47.8 Å². The molecular formula is C38H82K2O14Sn2. The fraction of sp³-hybridized carbons (Fsp3) is 0.842. The van der Waals surface area contributed by atoms with Crippen LogP contribution in [0.3, 0.4) is 0 Å². The summed E-state index contributed by atoms with van der Waals surface area (Å²) in [5.41, 5.74) is 0. The van der Waals surface area contributed by atoms with Crippen molar-refractivity contribution in [3.05, 3.63) is 44.6 Å². The minimum Gasteiger partial charge on any atom is -0.381 e. The van der Waals surface area contributed by atoms with Crippen molar-refractivity contribution in [2.45, 2.75) is 25.7 Å². The summed E-state index contributed by atoms with van der Waals surface area (Å²) >= 11 is 0. The molecule has 4 fully saturated rings. The third-order valence-electron chi connectivity index (χ3n) is 6.12. The van der Waals surface area contributed by atoms with Crippen molar-refractivity contribution in [3.63, 3.8) is 0 Å². The minimum absolute atomic E-state index is 0. The first-order chi connectivity index (χ1) is 23.0. The van der Waals surface area contributed by atoms with Crippen LogP contribution in [0.25, 0.3) is 0 Å². The first-order valence-electron chi connectivity index (χ1n) is 17.1. The van der Waals surface area contributed by atoms with Gasteiger partial charge < -0.3 is 111 Å². The van der Waals surface area contributed by atoms with E-state index in [0.29, 0.717) is 159 Å². The monoisotopic (exact) mass is 1080 g/mol. The van der Waals surface area contributed by atoms with E-state index in [-0.39, 0.29) is 195 Å². The molecule has 0 aliphatic carbocycles. The van der Waals surface area contributed by atoms with Gasteiger partial charge in [0.05, 0.1) is 159 Å². The van der Waals surface area contributed by atoms with Gasteiger partial charge in [-0.05, 0) is 25.7 Å². The summed E-state index contributed by atoms with van der Waals surface area (Å²) in [6, 6.07) is 0. The van der Waals surface area contributed by atoms with Gasteiger partial charge in [0.25, 0.3) is 0 Å². The quantitative estimate of drug-likeness (QED) is 0.192. The standard InChI is InChI=1S/2C12H24O6.2C4H8O.6CH3.2K.2Sn/c2*1-2-14-5-6-16-9-10-18-12-11-17-8-7-15-4-3-13-1;2*1-2-4-5-3-1;;;;;;;;;;/h2*1-12H2;2*1-4H2;6*1H3;;;;/q;;;;6*-1;2*+1;2*+2. The van der Waals surface area contributed by atoms with Crippen LogP contribution in [0.2, 0.25) is 0 Å². The molecule has 0 bridgehead atoms. The predicted molar refractivity (Wildman–Crippen MR) is 220 cm³/mol. The molecule has 328 valence electrons. The van der Waals surface area contributed by atoms with Crippen molar-refractivity contribution in [2.75, 3.05) is 185 Å². The van der Waals surface area contributed by atoms with Gasteiger partial charge in [0.1, 0.15) is 0 Å². The second-order valence-electron chi connectivity index (χ2n) is 9.99. The van der Waals surface area contributed by atoms with E-state index < -0.39 is 0 Å². The Morgan fingerprint density at radius 1 is 0.143 bits per heavy atom. The van der Waals surface area contributed by atoms with Crippen LogP contribution in [-0.2, 0) is 66.3 Å². The average Bonchev–Trinajstić information content (AvgIpc) is 3.86. The number of hydrogen-bond donors (Lipinski definition) is 0. The van der Waals surface area contributed by atoms with Gasteiger partial charge in [0, 0.05) is 26.4 Å². The van der Waals surface area contributed by atoms with Crippen LogP contribution >= 0.6 is 0 Å². The molecule has 0 aromatic carbocycles. The Morgan fingerprint density at radius 2 is 0.214 bits per heavy atom. The van der Waals surface area contributed by atoms with Crippen LogP contribution in [0, 0.1) is 44.6 Å². The maximum atomic E-state index is 5.33. The first kappa shape index (κ1) is 83.8. The first-order valence-corrected chi connectivity index (χ1v) is 17.1. The average molecular weight is 1080 g/mol. The Bertz CT molecular complexity index is 357. The van der Waals surface area contributed by atoms with Gasteiger partial charge in [0.2, 0.25) is 0 Å². The van der Waals surface area contributed by atoms with Crippen molar-refractivity contribution in [3.8, 4) is 0 Å². The van der Waals surface area contributed by atoms with Gasteiger partial charge >= 0.3 is 151 Å². The van der Waals surface area contributed by atoms with E-state index in [1.165, 1.54) is 25.7 Å². The fourth-order valence-electron chi connectivity index (χ4n) is 3.66. The molecule has 4 aliphatic rings. The molecule has 56 heavy (non-hydrogen) atoms. The van der Waals surface area contributed by atoms with Crippen LogP contribution < -0.4 is 103 Å². The molecule has 18 heteroatoms. The second-order valence-corrected chi connectivity index (χ2v) is 9.99. The molecule has 0 N–H and O–H groups in total. The van der Waals surface area contributed by atoms with Gasteiger partial charge in [-0.2, -0.15) is 0 Å². The summed E-state index contributed by atoms with van der Waals surface area (Å²) in [6.07, 6.45) is 5.11. The molecule has 0 amide bonds. The summed E-state index contributed by atoms with van der Waals surface area (Å²) < 4.78 is 73.8. The molecule has 0 aromatic heterocycles. The summed E-state index contributed by atoms with van der Waals surface area (Å²) in [7, 11) is 0. The maximum absolute atomic E-state index is 5.33. The normalized spacial score (nSPS) is 19.7. The van der Waals surface area contributed by atoms with E-state index in [9.17, 15) is 0 Å². The zero-order valence-electron chi connectivity index (χ0n) is 37.3. The SMILES string of the molecule is C1CCOC1.C1CCOC1.C1COCCOCCOCCOCCOCCO1.C1COCCOCCOCCOCCOCCO1.[CH3-].[CH3-].[CH3-].[CH3-].[CH3-].[CH3-].[K+].[K+].[Sn+2].[Sn+2]. The minimum atomic E-state index is 0. The Kier molecular flexibility index (Phi) is 119. The number of ether oxygens (including phenoxy) is 14. The van der Waals surface area contributed by atoms with Crippen molar-refractivity contribution in [1.82, 2.24) is 0 Å². The molecule has 4 radical (unpaired) electrons. The Morgan fingerprint density at radius 3 is 0.268 bits per heavy atom. The summed E-state index contributed by atoms with van der Waals surface area (Å²) in [5, 5.41) is 0. The third kappa shape index (κ3) is 75.7. The zero-order chi connectivity index (χ0) is 32.5. The summed E-state index contributed by atoms with van der Waals surface area (Å²) in [6.45, 7) is 18.1. The third-order valence-corrected chi connectivity index (χ3v) is 6.12. The van der Waals surface area contributed by atoms with Crippen molar-refractivity contribution in [2.24, 2.45) is 0 Å². The molecule has 4 heterocycles. The Labute approximate surface area is 465 Å². The summed E-state index contributed by atoms with van der Waals surface area (Å²) in [5.74, 6) is 0. The van der Waals surface area contributed by atoms with Crippen LogP contribution in [0.4, 0.5) is 0 Å². The molecule has 4 rings (SSSR count). The zero-order valence-corrected chi connectivity index (χ0v) is 49.3. The van der Waals surface area contributed by atoms with E-state index in [1.54, 1.807) is 0 Å².